The summed E-state index contributed by atoms with van der Waals surface area (Å²) in [6.45, 7) is 21.6. The molecule has 1 saturated heterocycles. The Labute approximate surface area is 291 Å². The Kier molecular flexibility index (Phi) is 37.9. The van der Waals surface area contributed by atoms with Crippen molar-refractivity contribution < 1.29 is 69.6 Å². The summed E-state index contributed by atoms with van der Waals surface area (Å²) in [5.41, 5.74) is -2.33. The second kappa shape index (κ2) is 33.6. The van der Waals surface area contributed by atoms with Crippen molar-refractivity contribution in [3.63, 3.8) is 0 Å². The van der Waals surface area contributed by atoms with Crippen molar-refractivity contribution in [1.29, 1.82) is 0 Å². The lowest BCUT2D eigenvalue weighted by atomic mass is 9.93. The van der Waals surface area contributed by atoms with Crippen molar-refractivity contribution in [3.8, 4) is 0 Å². The third-order valence-electron chi connectivity index (χ3n) is 6.86. The van der Waals surface area contributed by atoms with Crippen molar-refractivity contribution in [2.24, 2.45) is 11.3 Å². The van der Waals surface area contributed by atoms with Gasteiger partial charge >= 0.3 is 0 Å². The van der Waals surface area contributed by atoms with Crippen molar-refractivity contribution >= 4 is 0 Å². The number of ether oxygens (including phenoxy) is 5. The van der Waals surface area contributed by atoms with Crippen LogP contribution in [0.5, 0.6) is 0 Å². The molecule has 14 nitrogen and oxygen atoms in total. The van der Waals surface area contributed by atoms with Crippen LogP contribution >= 0.6 is 0 Å². The molecule has 9 N–H and O–H groups in total. The van der Waals surface area contributed by atoms with Gasteiger partial charge in [0.25, 0.3) is 0 Å². The lowest BCUT2D eigenvalue weighted by Crippen LogP contribution is -2.53. The fraction of sp³-hybridized carbons (Fsp3) is 1.00. The molecule has 14 heteroatoms. The van der Waals surface area contributed by atoms with E-state index in [0.717, 1.165) is 12.8 Å². The number of hydrogen-bond donors (Lipinski definition) is 9. The van der Waals surface area contributed by atoms with Gasteiger partial charge in [-0.1, -0.05) is 27.2 Å². The second-order valence-electron chi connectivity index (χ2n) is 12.6. The molecule has 0 aromatic rings. The predicted molar refractivity (Wildman–Crippen MR) is 186 cm³/mol. The maximum Gasteiger partial charge on any atom is 0.163 e. The van der Waals surface area contributed by atoms with Gasteiger partial charge in [-0.2, -0.15) is 0 Å². The van der Waals surface area contributed by atoms with Crippen LogP contribution in [0.4, 0.5) is 0 Å². The number of unbranched alkanes of at least 4 members (excludes halogenated alkanes) is 1. The third kappa shape index (κ3) is 31.4. The molecule has 1 fully saturated rings. The summed E-state index contributed by atoms with van der Waals surface area (Å²) >= 11 is 0. The minimum atomic E-state index is -1.07. The van der Waals surface area contributed by atoms with Gasteiger partial charge in [0.1, 0.15) is 11.7 Å². The zero-order chi connectivity index (χ0) is 38.2. The maximum absolute atomic E-state index is 9.60. The maximum atomic E-state index is 9.60. The van der Waals surface area contributed by atoms with Crippen LogP contribution in [0.15, 0.2) is 0 Å². The average Bonchev–Trinajstić information content (AvgIpc) is 3.07. The zero-order valence-electron chi connectivity index (χ0n) is 31.8. The molecule has 7 unspecified atom stereocenters. The van der Waals surface area contributed by atoms with Crippen LogP contribution in [0.1, 0.15) is 94.9 Å². The topological polar surface area (TPSA) is 228 Å². The van der Waals surface area contributed by atoms with Gasteiger partial charge < -0.3 is 69.6 Å². The normalized spacial score (nSPS) is 22.9. The molecule has 0 aromatic carbocycles. The molecule has 48 heavy (non-hydrogen) atoms. The van der Waals surface area contributed by atoms with E-state index in [9.17, 15) is 15.3 Å². The van der Waals surface area contributed by atoms with E-state index in [1.807, 2.05) is 27.7 Å². The molecule has 0 aliphatic carbocycles. The van der Waals surface area contributed by atoms with Gasteiger partial charge in [-0.05, 0) is 67.7 Å². The minimum absolute atomic E-state index is 0.0382. The van der Waals surface area contributed by atoms with E-state index in [1.54, 1.807) is 27.7 Å². The van der Waals surface area contributed by atoms with E-state index >= 15 is 0 Å². The van der Waals surface area contributed by atoms with Crippen LogP contribution in [-0.4, -0.2) is 161 Å². The first-order valence-corrected chi connectivity index (χ1v) is 17.3. The van der Waals surface area contributed by atoms with Gasteiger partial charge in [-0.15, -0.1) is 0 Å². The van der Waals surface area contributed by atoms with Crippen LogP contribution in [0, 0.1) is 11.3 Å². The number of aliphatic hydroxyl groups excluding tert-OH is 7. The van der Waals surface area contributed by atoms with Gasteiger partial charge in [0.05, 0.1) is 57.5 Å². The van der Waals surface area contributed by atoms with E-state index < -0.39 is 35.1 Å². The van der Waals surface area contributed by atoms with Crippen LogP contribution in [0.3, 0.4) is 0 Å². The van der Waals surface area contributed by atoms with Crippen molar-refractivity contribution in [3.05, 3.63) is 0 Å². The summed E-state index contributed by atoms with van der Waals surface area (Å²) in [6.07, 6.45) is 0.897. The largest absolute Gasteiger partial charge is 0.396 e. The fourth-order valence-electron chi connectivity index (χ4n) is 3.39. The number of hydrogen-bond acceptors (Lipinski definition) is 14. The van der Waals surface area contributed by atoms with Crippen LogP contribution < -0.4 is 0 Å². The predicted octanol–water partition coefficient (Wildman–Crippen LogP) is 1.23. The standard InChI is InChI=1S/C9H18O4.C8H18O3.C7H16O3.C6H14O3.C4H10O/c1-4-12-9-5(2)7(10)8(11)6(3)13-9;1-3-11-7-8(2,10)5-4-6-9;1-3-10-6-7(2,4-8)5-9;1-3-9-5-6(2,8)4-7;1-2-3-4-5/h5-11H,4H2,1-3H3;9-10H,3-7H2,1-2H3;8-9H,3-6H2,1-2H3;7-8H,3-5H2,1-2H3;5H,2-4H2,1H3. The van der Waals surface area contributed by atoms with E-state index in [2.05, 4.69) is 6.92 Å². The molecule has 0 saturated carbocycles. The van der Waals surface area contributed by atoms with Gasteiger partial charge in [0, 0.05) is 51.0 Å². The Hall–Kier alpha value is -0.560. The first-order valence-electron chi connectivity index (χ1n) is 17.3. The summed E-state index contributed by atoms with van der Waals surface area (Å²) in [5, 5.41) is 80.3. The fourth-order valence-corrected chi connectivity index (χ4v) is 3.39. The summed E-state index contributed by atoms with van der Waals surface area (Å²) in [6, 6.07) is 0. The lowest BCUT2D eigenvalue weighted by molar-refractivity contribution is -0.271. The van der Waals surface area contributed by atoms with Gasteiger partial charge in [-0.25, -0.2) is 0 Å². The molecule has 0 bridgehead atoms. The highest BCUT2D eigenvalue weighted by molar-refractivity contribution is 4.84. The van der Waals surface area contributed by atoms with Gasteiger partial charge in [0.2, 0.25) is 0 Å². The van der Waals surface area contributed by atoms with E-state index in [4.69, 9.17) is 54.3 Å². The number of aliphatic hydroxyl groups is 9. The highest BCUT2D eigenvalue weighted by Crippen LogP contribution is 2.26. The summed E-state index contributed by atoms with van der Waals surface area (Å²) in [7, 11) is 0. The summed E-state index contributed by atoms with van der Waals surface area (Å²) in [4.78, 5) is 0. The minimum Gasteiger partial charge on any atom is -0.396 e. The van der Waals surface area contributed by atoms with E-state index in [0.29, 0.717) is 59.1 Å². The van der Waals surface area contributed by atoms with E-state index in [1.165, 1.54) is 6.92 Å². The summed E-state index contributed by atoms with van der Waals surface area (Å²) < 4.78 is 25.7. The van der Waals surface area contributed by atoms with Gasteiger partial charge in [-0.3, -0.25) is 0 Å². The Morgan fingerprint density at radius 2 is 1.06 bits per heavy atom. The van der Waals surface area contributed by atoms with Gasteiger partial charge in [0.15, 0.2) is 6.29 Å². The molecule has 1 aliphatic rings. The Balaban J connectivity index is -0.000000259. The highest BCUT2D eigenvalue weighted by atomic mass is 16.7. The first-order chi connectivity index (χ1) is 22.4. The monoisotopic (exact) mass is 709 g/mol. The molecule has 1 aliphatic heterocycles. The van der Waals surface area contributed by atoms with Crippen LogP contribution in [0.2, 0.25) is 0 Å². The third-order valence-corrected chi connectivity index (χ3v) is 6.86. The van der Waals surface area contributed by atoms with E-state index in [-0.39, 0.29) is 45.1 Å². The smallest absolute Gasteiger partial charge is 0.163 e. The zero-order valence-corrected chi connectivity index (χ0v) is 31.8. The Morgan fingerprint density at radius 3 is 1.42 bits per heavy atom. The highest BCUT2D eigenvalue weighted by Gasteiger charge is 2.40. The molecule has 1 heterocycles. The molecular weight excluding hydrogens is 632 g/mol. The molecule has 0 radical (unpaired) electrons. The first kappa shape index (κ1) is 54.2. The lowest BCUT2D eigenvalue weighted by Gasteiger charge is -2.39. The van der Waals surface area contributed by atoms with Crippen molar-refractivity contribution in [2.75, 3.05) is 79.3 Å². The van der Waals surface area contributed by atoms with Crippen LogP contribution in [-0.2, 0) is 23.7 Å². The second-order valence-corrected chi connectivity index (χ2v) is 12.6. The number of rotatable bonds is 19. The van der Waals surface area contributed by atoms with Crippen molar-refractivity contribution in [1.82, 2.24) is 0 Å². The molecule has 0 spiro atoms. The Morgan fingerprint density at radius 1 is 0.604 bits per heavy atom. The molecule has 0 aromatic heterocycles. The quantitative estimate of drug-likeness (QED) is 0.0920. The average molecular weight is 709 g/mol. The molecular formula is C34H76O14. The van der Waals surface area contributed by atoms with Crippen LogP contribution in [0.25, 0.3) is 0 Å². The molecule has 0 amide bonds. The molecule has 7 atom stereocenters. The molecule has 296 valence electrons. The SMILES string of the molecule is CCCCO.CCOC1OC(C)C(O)C(O)C1C.CCOCC(C)(CO)CO.CCOCC(C)(O)CCCO.CCOCC(C)(O)CO. The summed E-state index contributed by atoms with van der Waals surface area (Å²) in [5.74, 6) is -0.189. The molecule has 1 rings (SSSR count). The van der Waals surface area contributed by atoms with Crippen molar-refractivity contribution in [2.45, 2.75) is 131 Å². The Bertz CT molecular complexity index is 637.